The molecule has 0 saturated heterocycles. The molecule has 4 aromatic rings. The van der Waals surface area contributed by atoms with Crippen LogP contribution in [-0.4, -0.2) is 28.9 Å². The van der Waals surface area contributed by atoms with Gasteiger partial charge in [-0.3, -0.25) is 0 Å². The van der Waals surface area contributed by atoms with Gasteiger partial charge in [-0.15, -0.1) is 10.2 Å². The number of hydrogen-bond acceptors (Lipinski definition) is 8. The van der Waals surface area contributed by atoms with Crippen molar-refractivity contribution in [2.24, 2.45) is 0 Å². The van der Waals surface area contributed by atoms with Crippen molar-refractivity contribution in [3.05, 3.63) is 60.5 Å². The third-order valence-corrected chi connectivity index (χ3v) is 4.91. The fourth-order valence-corrected chi connectivity index (χ4v) is 3.32. The maximum atomic E-state index is 5.78. The van der Waals surface area contributed by atoms with E-state index in [1.54, 1.807) is 13.4 Å². The molecule has 0 aliphatic rings. The Balaban J connectivity index is 1.42. The van der Waals surface area contributed by atoms with Crippen molar-refractivity contribution in [3.8, 4) is 34.4 Å². The Kier molecular flexibility index (Phi) is 5.81. The third-order valence-electron chi connectivity index (χ3n) is 4.06. The van der Waals surface area contributed by atoms with Gasteiger partial charge in [-0.05, 0) is 43.3 Å². The topological polar surface area (TPSA) is 83.4 Å². The summed E-state index contributed by atoms with van der Waals surface area (Å²) in [6.07, 6.45) is 1.63. The van der Waals surface area contributed by atoms with Gasteiger partial charge in [-0.1, -0.05) is 23.9 Å². The second-order valence-electron chi connectivity index (χ2n) is 5.96. The van der Waals surface area contributed by atoms with Crippen LogP contribution < -0.4 is 9.47 Å². The van der Waals surface area contributed by atoms with E-state index in [-0.39, 0.29) is 0 Å². The molecule has 2 aromatic heterocycles. The number of methoxy groups -OCH3 is 1. The number of para-hydroxylation sites is 1. The number of ether oxygens (including phenoxy) is 2. The van der Waals surface area contributed by atoms with E-state index in [9.17, 15) is 0 Å². The van der Waals surface area contributed by atoms with Crippen molar-refractivity contribution in [2.75, 3.05) is 13.7 Å². The van der Waals surface area contributed by atoms with E-state index in [0.717, 1.165) is 28.3 Å². The molecular formula is C21H19N3O4S. The van der Waals surface area contributed by atoms with Crippen molar-refractivity contribution in [3.63, 3.8) is 0 Å². The lowest BCUT2D eigenvalue weighted by molar-refractivity contribution is 0.340. The zero-order valence-corrected chi connectivity index (χ0v) is 16.8. The van der Waals surface area contributed by atoms with E-state index in [1.165, 1.54) is 11.8 Å². The lowest BCUT2D eigenvalue weighted by Crippen LogP contribution is -1.93. The van der Waals surface area contributed by atoms with Crippen LogP contribution in [0.25, 0.3) is 22.9 Å². The highest BCUT2D eigenvalue weighted by atomic mass is 32.2. The molecule has 0 fully saturated rings. The van der Waals surface area contributed by atoms with E-state index in [4.69, 9.17) is 18.3 Å². The Hall–Kier alpha value is -3.26. The number of aromatic nitrogens is 3. The van der Waals surface area contributed by atoms with Crippen molar-refractivity contribution in [1.29, 1.82) is 0 Å². The number of oxazole rings is 1. The summed E-state index contributed by atoms with van der Waals surface area (Å²) >= 11 is 1.40. The minimum absolute atomic E-state index is 0.427. The van der Waals surface area contributed by atoms with Gasteiger partial charge in [0.25, 0.3) is 11.1 Å². The lowest BCUT2D eigenvalue weighted by atomic mass is 10.2. The first-order valence-electron chi connectivity index (χ1n) is 9.04. The Morgan fingerprint density at radius 3 is 2.62 bits per heavy atom. The van der Waals surface area contributed by atoms with Crippen LogP contribution in [0.4, 0.5) is 0 Å². The maximum absolute atomic E-state index is 5.78. The summed E-state index contributed by atoms with van der Waals surface area (Å²) in [4.78, 5) is 4.52. The maximum Gasteiger partial charge on any atom is 0.277 e. The Labute approximate surface area is 172 Å². The number of nitrogens with zero attached hydrogens (tertiary/aromatic N) is 3. The molecule has 148 valence electrons. The van der Waals surface area contributed by atoms with Crippen LogP contribution in [0.2, 0.25) is 0 Å². The Morgan fingerprint density at radius 1 is 1.00 bits per heavy atom. The second kappa shape index (κ2) is 8.83. The molecule has 2 aromatic carbocycles. The first-order chi connectivity index (χ1) is 14.3. The second-order valence-corrected chi connectivity index (χ2v) is 6.89. The highest BCUT2D eigenvalue weighted by molar-refractivity contribution is 7.98. The third kappa shape index (κ3) is 4.43. The molecule has 0 N–H and O–H groups in total. The standard InChI is InChI=1S/C21H19N3O4S/c1-3-26-18-7-5-4-6-17(18)20-23-24-21(28-20)29-13-15-12-27-19(22-15)14-8-10-16(25-2)11-9-14/h4-12H,3,13H2,1-2H3. The van der Waals surface area contributed by atoms with Crippen molar-refractivity contribution in [2.45, 2.75) is 17.9 Å². The van der Waals surface area contributed by atoms with Gasteiger partial charge in [0.05, 0.1) is 25.0 Å². The fraction of sp³-hybridized carbons (Fsp3) is 0.190. The van der Waals surface area contributed by atoms with Crippen LogP contribution in [0.5, 0.6) is 11.5 Å². The van der Waals surface area contributed by atoms with Crippen LogP contribution >= 0.6 is 11.8 Å². The molecule has 0 amide bonds. The molecule has 0 aliphatic carbocycles. The molecule has 4 rings (SSSR count). The number of hydrogen-bond donors (Lipinski definition) is 0. The largest absolute Gasteiger partial charge is 0.497 e. The van der Waals surface area contributed by atoms with Crippen molar-refractivity contribution < 1.29 is 18.3 Å². The quantitative estimate of drug-likeness (QED) is 0.372. The summed E-state index contributed by atoms with van der Waals surface area (Å²) in [6.45, 7) is 2.50. The monoisotopic (exact) mass is 409 g/mol. The van der Waals surface area contributed by atoms with Crippen LogP contribution in [0.15, 0.2) is 68.9 Å². The predicted octanol–water partition coefficient (Wildman–Crippen LogP) is 5.09. The van der Waals surface area contributed by atoms with Crippen LogP contribution in [-0.2, 0) is 5.75 Å². The summed E-state index contributed by atoms with van der Waals surface area (Å²) in [5.74, 6) is 3.04. The van der Waals surface area contributed by atoms with E-state index >= 15 is 0 Å². The number of thioether (sulfide) groups is 1. The number of benzene rings is 2. The predicted molar refractivity (Wildman–Crippen MR) is 109 cm³/mol. The molecule has 0 unspecified atom stereocenters. The molecule has 29 heavy (non-hydrogen) atoms. The van der Waals surface area contributed by atoms with Crippen LogP contribution in [0, 0.1) is 0 Å². The van der Waals surface area contributed by atoms with E-state index in [2.05, 4.69) is 15.2 Å². The molecule has 0 radical (unpaired) electrons. The highest BCUT2D eigenvalue weighted by Crippen LogP contribution is 2.32. The van der Waals surface area contributed by atoms with Gasteiger partial charge in [0.15, 0.2) is 0 Å². The molecular weight excluding hydrogens is 390 g/mol. The van der Waals surface area contributed by atoms with Crippen molar-refractivity contribution in [1.82, 2.24) is 15.2 Å². The Morgan fingerprint density at radius 2 is 1.83 bits per heavy atom. The molecule has 7 nitrogen and oxygen atoms in total. The average Bonchev–Trinajstić information content (AvgIpc) is 3.43. The Bertz CT molecular complexity index is 1080. The van der Waals surface area contributed by atoms with Crippen molar-refractivity contribution >= 4 is 11.8 Å². The van der Waals surface area contributed by atoms with Gasteiger partial charge in [0.1, 0.15) is 17.8 Å². The molecule has 0 atom stereocenters. The first kappa shape index (κ1) is 19.1. The summed E-state index contributed by atoms with van der Waals surface area (Å²) in [7, 11) is 1.63. The highest BCUT2D eigenvalue weighted by Gasteiger charge is 2.15. The first-order valence-corrected chi connectivity index (χ1v) is 10.0. The average molecular weight is 409 g/mol. The smallest absolute Gasteiger partial charge is 0.277 e. The van der Waals surface area contributed by atoms with Crippen LogP contribution in [0.1, 0.15) is 12.6 Å². The zero-order chi connectivity index (χ0) is 20.1. The van der Waals surface area contributed by atoms with Gasteiger partial charge in [-0.2, -0.15) is 0 Å². The summed E-state index contributed by atoms with van der Waals surface area (Å²) in [5.41, 5.74) is 2.45. The fourth-order valence-electron chi connectivity index (χ4n) is 2.68. The molecule has 0 aliphatic heterocycles. The van der Waals surface area contributed by atoms with Gasteiger partial charge in [0.2, 0.25) is 5.89 Å². The van der Waals surface area contributed by atoms with E-state index in [1.807, 2.05) is 55.5 Å². The molecule has 0 saturated carbocycles. The SMILES string of the molecule is CCOc1ccccc1-c1nnc(SCc2coc(-c3ccc(OC)cc3)n2)o1. The zero-order valence-electron chi connectivity index (χ0n) is 16.0. The van der Waals surface area contributed by atoms with Gasteiger partial charge >= 0.3 is 0 Å². The van der Waals surface area contributed by atoms with Crippen LogP contribution in [0.3, 0.4) is 0 Å². The normalized spacial score (nSPS) is 10.8. The minimum Gasteiger partial charge on any atom is -0.497 e. The summed E-state index contributed by atoms with van der Waals surface area (Å²) in [5, 5.41) is 8.71. The summed E-state index contributed by atoms with van der Waals surface area (Å²) in [6, 6.07) is 15.1. The van der Waals surface area contributed by atoms with Gasteiger partial charge < -0.3 is 18.3 Å². The van der Waals surface area contributed by atoms with E-state index < -0.39 is 0 Å². The molecule has 8 heteroatoms. The summed E-state index contributed by atoms with van der Waals surface area (Å²) < 4.78 is 22.2. The lowest BCUT2D eigenvalue weighted by Gasteiger charge is -2.05. The molecule has 0 bridgehead atoms. The van der Waals surface area contributed by atoms with E-state index in [0.29, 0.717) is 29.4 Å². The van der Waals surface area contributed by atoms with Gasteiger partial charge in [0, 0.05) is 11.3 Å². The minimum atomic E-state index is 0.427. The number of rotatable bonds is 8. The molecule has 2 heterocycles. The van der Waals surface area contributed by atoms with Gasteiger partial charge in [-0.25, -0.2) is 4.98 Å². The molecule has 0 spiro atoms.